The van der Waals surface area contributed by atoms with Crippen molar-refractivity contribution in [2.24, 2.45) is 5.92 Å². The second-order valence-electron chi connectivity index (χ2n) is 8.07. The molecule has 8 heteroatoms. The number of rotatable bonds is 7. The number of benzene rings is 2. The highest BCUT2D eigenvalue weighted by atomic mass is 16.6. The first kappa shape index (κ1) is 20.9. The summed E-state index contributed by atoms with van der Waals surface area (Å²) in [6.45, 7) is 1.84. The molecule has 8 nitrogen and oxygen atoms in total. The Morgan fingerprint density at radius 2 is 1.79 bits per heavy atom. The van der Waals surface area contributed by atoms with Crippen molar-refractivity contribution in [1.82, 2.24) is 14.5 Å². The van der Waals surface area contributed by atoms with Crippen molar-refractivity contribution in [3.63, 3.8) is 0 Å². The Hall–Kier alpha value is -3.94. The largest absolute Gasteiger partial charge is 0.486 e. The molecular weight excluding hydrogens is 422 g/mol. The Morgan fingerprint density at radius 1 is 1.00 bits per heavy atom. The average molecular weight is 445 g/mol. The molecule has 0 radical (unpaired) electrons. The lowest BCUT2D eigenvalue weighted by Crippen LogP contribution is -2.32. The molecule has 3 aromatic rings. The van der Waals surface area contributed by atoms with Crippen molar-refractivity contribution < 1.29 is 23.9 Å². The van der Waals surface area contributed by atoms with Gasteiger partial charge in [0.05, 0.1) is 12.4 Å². The molecule has 2 aromatic carbocycles. The summed E-state index contributed by atoms with van der Waals surface area (Å²) in [6, 6.07) is 13.5. The third-order valence-electron chi connectivity index (χ3n) is 6.03. The average Bonchev–Trinajstić information content (AvgIpc) is 3.46. The molecule has 0 N–H and O–H groups in total. The maximum absolute atomic E-state index is 13.6. The zero-order chi connectivity index (χ0) is 22.8. The Bertz CT molecular complexity index is 1180. The lowest BCUT2D eigenvalue weighted by Gasteiger charge is -2.27. The van der Waals surface area contributed by atoms with Crippen LogP contribution in [0.1, 0.15) is 28.4 Å². The van der Waals surface area contributed by atoms with Crippen LogP contribution in [0.2, 0.25) is 0 Å². The first-order chi connectivity index (χ1) is 16.1. The Morgan fingerprint density at radius 3 is 2.55 bits per heavy atom. The summed E-state index contributed by atoms with van der Waals surface area (Å²) < 4.78 is 13.0. The fourth-order valence-corrected chi connectivity index (χ4v) is 4.47. The third kappa shape index (κ3) is 4.00. The van der Waals surface area contributed by atoms with Gasteiger partial charge in [0.15, 0.2) is 17.3 Å². The highest BCUT2D eigenvalue weighted by Gasteiger charge is 2.51. The smallest absolute Gasteiger partial charge is 0.291 e. The minimum Gasteiger partial charge on any atom is -0.486 e. The monoisotopic (exact) mass is 445 g/mol. The van der Waals surface area contributed by atoms with E-state index in [0.717, 1.165) is 5.56 Å². The van der Waals surface area contributed by atoms with Gasteiger partial charge in [0.1, 0.15) is 19.1 Å². The van der Waals surface area contributed by atoms with Gasteiger partial charge in [-0.1, -0.05) is 30.3 Å². The predicted molar refractivity (Wildman–Crippen MR) is 118 cm³/mol. The van der Waals surface area contributed by atoms with E-state index in [-0.39, 0.29) is 0 Å². The molecule has 1 aromatic heterocycles. The van der Waals surface area contributed by atoms with Gasteiger partial charge in [-0.2, -0.15) is 0 Å². The Kier molecular flexibility index (Phi) is 5.64. The number of carbonyl (C=O) groups excluding carboxylic acids is 3. The topological polar surface area (TPSA) is 90.7 Å². The van der Waals surface area contributed by atoms with Gasteiger partial charge in [-0.25, -0.2) is 4.98 Å². The minimum absolute atomic E-state index is 0.326. The van der Waals surface area contributed by atoms with Crippen LogP contribution in [0, 0.1) is 5.92 Å². The molecule has 0 aliphatic carbocycles. The van der Waals surface area contributed by atoms with Gasteiger partial charge < -0.3 is 18.9 Å². The quantitative estimate of drug-likeness (QED) is 0.316. The summed E-state index contributed by atoms with van der Waals surface area (Å²) in [4.78, 5) is 45.3. The van der Waals surface area contributed by atoms with E-state index in [9.17, 15) is 14.4 Å². The maximum atomic E-state index is 13.6. The van der Waals surface area contributed by atoms with Crippen LogP contribution in [0.5, 0.6) is 11.5 Å². The number of nitrogens with zero attached hydrogens (tertiary/aromatic N) is 3. The van der Waals surface area contributed by atoms with Crippen LogP contribution in [-0.2, 0) is 16.1 Å². The van der Waals surface area contributed by atoms with E-state index in [2.05, 4.69) is 4.98 Å². The standard InChI is InChI=1S/C25H23N3O5/c29-23(18-7-8-19-20(15-18)33-14-13-32-19)21-22(17-5-2-1-3-6-17)28(25(31)24(21)30)11-4-10-27-12-9-26-16-27/h1-3,5-9,12,15-16,21-22H,4,10-11,13-14H2. The first-order valence-corrected chi connectivity index (χ1v) is 10.9. The van der Waals surface area contributed by atoms with E-state index in [1.807, 2.05) is 41.1 Å². The van der Waals surface area contributed by atoms with Crippen molar-refractivity contribution >= 4 is 17.5 Å². The predicted octanol–water partition coefficient (Wildman–Crippen LogP) is 2.70. The van der Waals surface area contributed by atoms with Crippen LogP contribution in [0.4, 0.5) is 0 Å². The lowest BCUT2D eigenvalue weighted by molar-refractivity contribution is -0.140. The van der Waals surface area contributed by atoms with Gasteiger partial charge in [0.25, 0.3) is 5.91 Å². The number of Topliss-reactive ketones (excluding diaryl/α,β-unsaturated/α-hetero) is 2. The molecular formula is C25H23N3O5. The summed E-state index contributed by atoms with van der Waals surface area (Å²) in [5.41, 5.74) is 1.09. The molecule has 168 valence electrons. The van der Waals surface area contributed by atoms with Crippen LogP contribution >= 0.6 is 0 Å². The highest BCUT2D eigenvalue weighted by Crippen LogP contribution is 2.39. The van der Waals surface area contributed by atoms with E-state index in [1.54, 1.807) is 30.7 Å². The molecule has 1 fully saturated rings. The summed E-state index contributed by atoms with van der Waals surface area (Å²) in [6.07, 6.45) is 5.88. The zero-order valence-corrected chi connectivity index (χ0v) is 17.9. The van der Waals surface area contributed by atoms with Gasteiger partial charge in [-0.3, -0.25) is 14.4 Å². The molecule has 5 rings (SSSR count). The van der Waals surface area contributed by atoms with E-state index in [0.29, 0.717) is 49.8 Å². The number of carbonyl (C=O) groups is 3. The number of ketones is 2. The number of likely N-dealkylation sites (tertiary alicyclic amines) is 1. The molecule has 0 bridgehead atoms. The molecule has 3 heterocycles. The number of fused-ring (bicyclic) bond motifs is 1. The molecule has 0 spiro atoms. The molecule has 2 aliphatic rings. The van der Waals surface area contributed by atoms with Crippen molar-refractivity contribution in [2.45, 2.75) is 19.0 Å². The van der Waals surface area contributed by atoms with Gasteiger partial charge in [-0.15, -0.1) is 0 Å². The number of amides is 1. The number of imidazole rings is 1. The lowest BCUT2D eigenvalue weighted by atomic mass is 9.86. The molecule has 33 heavy (non-hydrogen) atoms. The van der Waals surface area contributed by atoms with Crippen molar-refractivity contribution in [2.75, 3.05) is 19.8 Å². The van der Waals surface area contributed by atoms with E-state index < -0.39 is 29.4 Å². The third-order valence-corrected chi connectivity index (χ3v) is 6.03. The number of hydrogen-bond acceptors (Lipinski definition) is 6. The number of aromatic nitrogens is 2. The van der Waals surface area contributed by atoms with Crippen molar-refractivity contribution in [3.05, 3.63) is 78.4 Å². The second kappa shape index (κ2) is 8.90. The summed E-state index contributed by atoms with van der Waals surface area (Å²) >= 11 is 0. The maximum Gasteiger partial charge on any atom is 0.291 e. The Labute approximate surface area is 190 Å². The highest BCUT2D eigenvalue weighted by molar-refractivity contribution is 6.44. The number of hydrogen-bond donors (Lipinski definition) is 0. The summed E-state index contributed by atoms with van der Waals surface area (Å²) in [5, 5.41) is 0. The van der Waals surface area contributed by atoms with E-state index in [1.165, 1.54) is 4.90 Å². The summed E-state index contributed by atoms with van der Waals surface area (Å²) in [7, 11) is 0. The Balaban J connectivity index is 1.45. The van der Waals surface area contributed by atoms with Crippen LogP contribution in [0.25, 0.3) is 0 Å². The van der Waals surface area contributed by atoms with Crippen molar-refractivity contribution in [3.8, 4) is 11.5 Å². The first-order valence-electron chi connectivity index (χ1n) is 10.9. The molecule has 2 atom stereocenters. The molecule has 2 unspecified atom stereocenters. The normalized spacial score (nSPS) is 19.7. The second-order valence-corrected chi connectivity index (χ2v) is 8.07. The van der Waals surface area contributed by atoms with Crippen molar-refractivity contribution in [1.29, 1.82) is 0 Å². The van der Waals surface area contributed by atoms with Gasteiger partial charge in [-0.05, 0) is 30.2 Å². The van der Waals surface area contributed by atoms with Crippen LogP contribution in [-0.4, -0.2) is 51.7 Å². The molecule has 1 amide bonds. The minimum atomic E-state index is -1.12. The van der Waals surface area contributed by atoms with E-state index >= 15 is 0 Å². The van der Waals surface area contributed by atoms with Crippen LogP contribution in [0.3, 0.4) is 0 Å². The molecule has 1 saturated heterocycles. The van der Waals surface area contributed by atoms with Gasteiger partial charge in [0, 0.05) is 31.0 Å². The van der Waals surface area contributed by atoms with Gasteiger partial charge in [0.2, 0.25) is 5.78 Å². The number of aryl methyl sites for hydroxylation is 1. The fraction of sp³-hybridized carbons (Fsp3) is 0.280. The SMILES string of the molecule is O=C1C(=O)N(CCCn2ccnc2)C(c2ccccc2)C1C(=O)c1ccc2c(c1)OCCO2. The molecule has 0 saturated carbocycles. The summed E-state index contributed by atoms with van der Waals surface area (Å²) in [5.74, 6) is -1.77. The zero-order valence-electron chi connectivity index (χ0n) is 17.9. The van der Waals surface area contributed by atoms with E-state index in [4.69, 9.17) is 9.47 Å². The van der Waals surface area contributed by atoms with Gasteiger partial charge >= 0.3 is 0 Å². The molecule has 2 aliphatic heterocycles. The van der Waals surface area contributed by atoms with Crippen LogP contribution < -0.4 is 9.47 Å². The number of ether oxygens (including phenoxy) is 2. The van der Waals surface area contributed by atoms with Crippen LogP contribution in [0.15, 0.2) is 67.3 Å². The fourth-order valence-electron chi connectivity index (χ4n) is 4.47.